The van der Waals surface area contributed by atoms with Crippen molar-refractivity contribution in [3.63, 3.8) is 0 Å². The maximum Gasteiger partial charge on any atom is 0.223 e. The van der Waals surface area contributed by atoms with E-state index in [9.17, 15) is 9.90 Å². The molecule has 7 nitrogen and oxygen atoms in total. The van der Waals surface area contributed by atoms with Crippen LogP contribution < -0.4 is 10.5 Å². The van der Waals surface area contributed by atoms with Gasteiger partial charge in [0, 0.05) is 28.0 Å². The summed E-state index contributed by atoms with van der Waals surface area (Å²) in [6.07, 6.45) is 2.89. The molecule has 0 radical (unpaired) electrons. The van der Waals surface area contributed by atoms with Crippen LogP contribution in [-0.2, 0) is 4.79 Å². The summed E-state index contributed by atoms with van der Waals surface area (Å²) in [5.74, 6) is 0.230. The fourth-order valence-corrected chi connectivity index (χ4v) is 5.50. The summed E-state index contributed by atoms with van der Waals surface area (Å²) in [5.41, 5.74) is 8.85. The SMILES string of the molecule is CC(C)(O)COc1cc(C2CCC(C)(C(N)=O)CC2)n2nc(-c3ccccc3Cl)c(-c3ccc(Cl)cc3)c2n1. The number of ether oxygens (including phenoxy) is 1. The van der Waals surface area contributed by atoms with Crippen molar-refractivity contribution in [2.24, 2.45) is 11.1 Å². The lowest BCUT2D eigenvalue weighted by Crippen LogP contribution is -2.37. The number of hydrogen-bond acceptors (Lipinski definition) is 5. The van der Waals surface area contributed by atoms with Gasteiger partial charge in [-0.25, -0.2) is 4.52 Å². The van der Waals surface area contributed by atoms with Crippen LogP contribution in [0.3, 0.4) is 0 Å². The minimum atomic E-state index is -1.04. The van der Waals surface area contributed by atoms with Gasteiger partial charge < -0.3 is 15.6 Å². The van der Waals surface area contributed by atoms with E-state index in [1.807, 2.05) is 66.0 Å². The fourth-order valence-electron chi connectivity index (χ4n) is 5.15. The van der Waals surface area contributed by atoms with Gasteiger partial charge in [0.05, 0.1) is 21.9 Å². The Balaban J connectivity index is 1.73. The maximum absolute atomic E-state index is 12.1. The summed E-state index contributed by atoms with van der Waals surface area (Å²) in [5, 5.41) is 16.6. The molecule has 2 aromatic carbocycles. The van der Waals surface area contributed by atoms with Crippen molar-refractivity contribution in [3.8, 4) is 28.3 Å². The Kier molecular flexibility index (Phi) is 7.35. The molecule has 0 saturated heterocycles. The van der Waals surface area contributed by atoms with Crippen LogP contribution >= 0.6 is 23.2 Å². The van der Waals surface area contributed by atoms with Crippen LogP contribution in [0.4, 0.5) is 0 Å². The smallest absolute Gasteiger partial charge is 0.223 e. The molecular formula is C30H32Cl2N4O3. The van der Waals surface area contributed by atoms with Crippen LogP contribution in [0.2, 0.25) is 10.0 Å². The second-order valence-corrected chi connectivity index (χ2v) is 12.1. The van der Waals surface area contributed by atoms with Gasteiger partial charge >= 0.3 is 0 Å². The summed E-state index contributed by atoms with van der Waals surface area (Å²) in [7, 11) is 0. The minimum Gasteiger partial charge on any atom is -0.475 e. The first-order chi connectivity index (χ1) is 18.4. The molecule has 0 atom stereocenters. The number of amides is 1. The molecule has 0 aliphatic heterocycles. The molecule has 2 aromatic heterocycles. The number of benzene rings is 2. The van der Waals surface area contributed by atoms with Gasteiger partial charge in [-0.2, -0.15) is 10.1 Å². The summed E-state index contributed by atoms with van der Waals surface area (Å²) < 4.78 is 7.89. The van der Waals surface area contributed by atoms with Crippen LogP contribution in [-0.4, -0.2) is 37.8 Å². The summed E-state index contributed by atoms with van der Waals surface area (Å²) in [6.45, 7) is 5.38. The first kappa shape index (κ1) is 27.4. The number of rotatable bonds is 7. The van der Waals surface area contributed by atoms with Crippen molar-refractivity contribution in [1.82, 2.24) is 14.6 Å². The predicted molar refractivity (Wildman–Crippen MR) is 154 cm³/mol. The molecule has 9 heteroatoms. The second-order valence-electron chi connectivity index (χ2n) is 11.3. The van der Waals surface area contributed by atoms with E-state index < -0.39 is 11.0 Å². The Labute approximate surface area is 237 Å². The number of aromatic nitrogens is 3. The molecule has 204 valence electrons. The summed E-state index contributed by atoms with van der Waals surface area (Å²) in [4.78, 5) is 17.0. The average Bonchev–Trinajstić information content (AvgIpc) is 3.27. The number of carbonyl (C=O) groups is 1. The van der Waals surface area contributed by atoms with Gasteiger partial charge in [0.25, 0.3) is 0 Å². The molecule has 5 rings (SSSR count). The molecule has 1 fully saturated rings. The zero-order valence-corrected chi connectivity index (χ0v) is 23.8. The molecule has 0 bridgehead atoms. The van der Waals surface area contributed by atoms with E-state index >= 15 is 0 Å². The monoisotopic (exact) mass is 566 g/mol. The van der Waals surface area contributed by atoms with E-state index in [0.29, 0.717) is 40.1 Å². The average molecular weight is 568 g/mol. The number of aliphatic hydroxyl groups is 1. The molecular weight excluding hydrogens is 535 g/mol. The number of primary amides is 1. The molecule has 1 saturated carbocycles. The van der Waals surface area contributed by atoms with Gasteiger partial charge in [-0.1, -0.05) is 60.5 Å². The Morgan fingerprint density at radius 2 is 1.82 bits per heavy atom. The standard InChI is InChI=1S/C30H32Cl2N4O3/c1-29(2,38)17-39-24-16-23(18-12-14-30(3,15-13-18)28(33)37)36-27(34-24)25(19-8-10-20(31)11-9-19)26(35-36)21-6-4-5-7-22(21)32/h4-11,16,18,38H,12-15,17H2,1-3H3,(H2,33,37). The van der Waals surface area contributed by atoms with Crippen molar-refractivity contribution < 1.29 is 14.6 Å². The number of carbonyl (C=O) groups excluding carboxylic acids is 1. The third-order valence-corrected chi connectivity index (χ3v) is 8.11. The Morgan fingerprint density at radius 1 is 1.15 bits per heavy atom. The zero-order chi connectivity index (χ0) is 27.9. The highest BCUT2D eigenvalue weighted by Gasteiger charge is 2.37. The predicted octanol–water partition coefficient (Wildman–Crippen LogP) is 6.67. The molecule has 1 amide bonds. The van der Waals surface area contributed by atoms with Crippen LogP contribution in [0.25, 0.3) is 28.0 Å². The molecule has 0 unspecified atom stereocenters. The van der Waals surface area contributed by atoms with Gasteiger partial charge in [0.15, 0.2) is 5.65 Å². The van der Waals surface area contributed by atoms with Gasteiger partial charge in [-0.3, -0.25) is 4.79 Å². The first-order valence-corrected chi connectivity index (χ1v) is 13.8. The zero-order valence-electron chi connectivity index (χ0n) is 22.2. The molecule has 1 aliphatic rings. The normalized spacial score (nSPS) is 19.8. The highest BCUT2D eigenvalue weighted by atomic mass is 35.5. The van der Waals surface area contributed by atoms with E-state index in [1.54, 1.807) is 13.8 Å². The summed E-state index contributed by atoms with van der Waals surface area (Å²) >= 11 is 12.9. The first-order valence-electron chi connectivity index (χ1n) is 13.0. The van der Waals surface area contributed by atoms with Crippen LogP contribution in [0.15, 0.2) is 54.6 Å². The summed E-state index contributed by atoms with van der Waals surface area (Å²) in [6, 6.07) is 17.0. The van der Waals surface area contributed by atoms with Crippen LogP contribution in [0, 0.1) is 5.41 Å². The van der Waals surface area contributed by atoms with E-state index in [1.165, 1.54) is 0 Å². The Bertz CT molecular complexity index is 1520. The van der Waals surface area contributed by atoms with Gasteiger partial charge in [-0.15, -0.1) is 0 Å². The topological polar surface area (TPSA) is 103 Å². The lowest BCUT2D eigenvalue weighted by Gasteiger charge is -2.35. The minimum absolute atomic E-state index is 0.0712. The van der Waals surface area contributed by atoms with Gasteiger partial charge in [0.1, 0.15) is 12.3 Å². The molecule has 3 N–H and O–H groups in total. The number of hydrogen-bond donors (Lipinski definition) is 2. The molecule has 39 heavy (non-hydrogen) atoms. The van der Waals surface area contributed by atoms with E-state index in [2.05, 4.69) is 0 Å². The van der Waals surface area contributed by atoms with Crippen molar-refractivity contribution in [2.45, 2.75) is 58.0 Å². The lowest BCUT2D eigenvalue weighted by molar-refractivity contribution is -0.128. The van der Waals surface area contributed by atoms with Crippen molar-refractivity contribution in [1.29, 1.82) is 0 Å². The van der Waals surface area contributed by atoms with Crippen LogP contribution in [0.1, 0.15) is 58.1 Å². The van der Waals surface area contributed by atoms with Crippen LogP contribution in [0.5, 0.6) is 5.88 Å². The van der Waals surface area contributed by atoms with E-state index in [-0.39, 0.29) is 18.4 Å². The maximum atomic E-state index is 12.1. The number of nitrogens with two attached hydrogens (primary N) is 1. The third kappa shape index (κ3) is 5.62. The molecule has 1 aliphatic carbocycles. The highest BCUT2D eigenvalue weighted by Crippen LogP contribution is 2.45. The van der Waals surface area contributed by atoms with E-state index in [0.717, 1.165) is 35.2 Å². The largest absolute Gasteiger partial charge is 0.475 e. The van der Waals surface area contributed by atoms with Crippen molar-refractivity contribution >= 4 is 34.8 Å². The van der Waals surface area contributed by atoms with Crippen molar-refractivity contribution in [2.75, 3.05) is 6.61 Å². The van der Waals surface area contributed by atoms with E-state index in [4.69, 9.17) is 43.8 Å². The lowest BCUT2D eigenvalue weighted by atomic mass is 9.70. The Hall–Kier alpha value is -3.13. The number of fused-ring (bicyclic) bond motifs is 1. The van der Waals surface area contributed by atoms with Gasteiger partial charge in [0.2, 0.25) is 11.8 Å². The number of nitrogens with zero attached hydrogens (tertiary/aromatic N) is 3. The quantitative estimate of drug-likeness (QED) is 0.260. The van der Waals surface area contributed by atoms with Gasteiger partial charge in [-0.05, 0) is 63.3 Å². The third-order valence-electron chi connectivity index (χ3n) is 7.53. The number of halogens is 2. The Morgan fingerprint density at radius 3 is 2.44 bits per heavy atom. The molecule has 0 spiro atoms. The van der Waals surface area contributed by atoms with Crippen molar-refractivity contribution in [3.05, 3.63) is 70.3 Å². The molecule has 4 aromatic rings. The second kappa shape index (κ2) is 10.5. The molecule has 2 heterocycles. The fraction of sp³-hybridized carbons (Fsp3) is 0.367. The highest BCUT2D eigenvalue weighted by molar-refractivity contribution is 6.33.